The Morgan fingerprint density at radius 3 is 2.53 bits per heavy atom. The maximum Gasteiger partial charge on any atom is 0.239 e. The zero-order chi connectivity index (χ0) is 13.3. The predicted octanol–water partition coefficient (Wildman–Crippen LogP) is 0.0514. The molecule has 0 aliphatic carbocycles. The fourth-order valence-corrected chi connectivity index (χ4v) is 1.86. The van der Waals surface area contributed by atoms with Crippen LogP contribution in [0.3, 0.4) is 0 Å². The number of nitrogens with one attached hydrogen (secondary N) is 1. The summed E-state index contributed by atoms with van der Waals surface area (Å²) in [6, 6.07) is -0.503. The molecule has 0 aliphatic heterocycles. The van der Waals surface area contributed by atoms with Gasteiger partial charge in [-0.05, 0) is 32.3 Å². The van der Waals surface area contributed by atoms with Crippen molar-refractivity contribution in [3.63, 3.8) is 0 Å². The summed E-state index contributed by atoms with van der Waals surface area (Å²) >= 11 is 1.66. The standard InChI is InChI=1S/C11H23N3O2S/c1-4-13-10(15)8-14(5-2)11(16)9(12)6-7-17-3/h9H,4-8,12H2,1-3H3,(H,13,15)/t9-/m1/s1. The molecule has 0 unspecified atom stereocenters. The van der Waals surface area contributed by atoms with E-state index in [1.54, 1.807) is 11.8 Å². The highest BCUT2D eigenvalue weighted by molar-refractivity contribution is 7.98. The van der Waals surface area contributed by atoms with Crippen molar-refractivity contribution in [2.45, 2.75) is 26.3 Å². The van der Waals surface area contributed by atoms with Crippen molar-refractivity contribution in [1.82, 2.24) is 10.2 Å². The minimum absolute atomic E-state index is 0.0934. The van der Waals surface area contributed by atoms with Crippen molar-refractivity contribution in [3.8, 4) is 0 Å². The molecule has 0 heterocycles. The summed E-state index contributed by atoms with van der Waals surface area (Å²) in [5.41, 5.74) is 5.79. The van der Waals surface area contributed by atoms with Crippen molar-refractivity contribution in [1.29, 1.82) is 0 Å². The van der Waals surface area contributed by atoms with Crippen molar-refractivity contribution < 1.29 is 9.59 Å². The van der Waals surface area contributed by atoms with Gasteiger partial charge >= 0.3 is 0 Å². The van der Waals surface area contributed by atoms with Crippen LogP contribution in [0.25, 0.3) is 0 Å². The maximum atomic E-state index is 11.9. The van der Waals surface area contributed by atoms with Gasteiger partial charge < -0.3 is 16.0 Å². The van der Waals surface area contributed by atoms with Crippen LogP contribution in [0.2, 0.25) is 0 Å². The Kier molecular flexibility index (Phi) is 8.89. The van der Waals surface area contributed by atoms with Crippen LogP contribution in [0.1, 0.15) is 20.3 Å². The smallest absolute Gasteiger partial charge is 0.239 e. The summed E-state index contributed by atoms with van der Waals surface area (Å²) in [7, 11) is 0. The molecule has 17 heavy (non-hydrogen) atoms. The Labute approximate surface area is 107 Å². The lowest BCUT2D eigenvalue weighted by atomic mass is 10.2. The molecule has 0 aromatic carbocycles. The van der Waals surface area contributed by atoms with Crippen LogP contribution in [0.5, 0.6) is 0 Å². The van der Waals surface area contributed by atoms with Crippen LogP contribution < -0.4 is 11.1 Å². The van der Waals surface area contributed by atoms with Crippen LogP contribution in [0.15, 0.2) is 0 Å². The Balaban J connectivity index is 4.24. The van der Waals surface area contributed by atoms with Crippen LogP contribution in [-0.4, -0.2) is 54.4 Å². The Morgan fingerprint density at radius 2 is 2.06 bits per heavy atom. The molecule has 0 bridgehead atoms. The van der Waals surface area contributed by atoms with E-state index < -0.39 is 6.04 Å². The number of hydrogen-bond acceptors (Lipinski definition) is 4. The van der Waals surface area contributed by atoms with E-state index in [-0.39, 0.29) is 18.4 Å². The third-order valence-electron chi connectivity index (χ3n) is 2.35. The van der Waals surface area contributed by atoms with Crippen LogP contribution in [0, 0.1) is 0 Å². The molecule has 0 saturated carbocycles. The second-order valence-corrected chi connectivity index (χ2v) is 4.68. The Bertz CT molecular complexity index is 249. The van der Waals surface area contributed by atoms with Crippen LogP contribution >= 0.6 is 11.8 Å². The van der Waals surface area contributed by atoms with Gasteiger partial charge in [0, 0.05) is 13.1 Å². The molecule has 5 nitrogen and oxygen atoms in total. The highest BCUT2D eigenvalue weighted by atomic mass is 32.2. The third-order valence-corrected chi connectivity index (χ3v) is 3.00. The molecule has 0 aliphatic rings. The van der Waals surface area contributed by atoms with Crippen molar-refractivity contribution in [3.05, 3.63) is 0 Å². The van der Waals surface area contributed by atoms with Gasteiger partial charge in [-0.3, -0.25) is 9.59 Å². The van der Waals surface area contributed by atoms with E-state index in [0.717, 1.165) is 5.75 Å². The number of likely N-dealkylation sites (N-methyl/N-ethyl adjacent to an activating group) is 2. The van der Waals surface area contributed by atoms with Gasteiger partial charge in [-0.2, -0.15) is 11.8 Å². The first-order chi connectivity index (χ1) is 8.06. The predicted molar refractivity (Wildman–Crippen MR) is 71.9 cm³/mol. The number of carbonyl (C=O) groups excluding carboxylic acids is 2. The lowest BCUT2D eigenvalue weighted by Crippen LogP contribution is -2.48. The van der Waals surface area contributed by atoms with Gasteiger partial charge in [0.15, 0.2) is 0 Å². The minimum atomic E-state index is -0.503. The lowest BCUT2D eigenvalue weighted by Gasteiger charge is -2.23. The zero-order valence-electron chi connectivity index (χ0n) is 10.9. The van der Waals surface area contributed by atoms with E-state index in [1.165, 1.54) is 4.90 Å². The summed E-state index contributed by atoms with van der Waals surface area (Å²) in [4.78, 5) is 24.8. The molecule has 0 aromatic heterocycles. The second kappa shape index (κ2) is 9.30. The fraction of sp³-hybridized carbons (Fsp3) is 0.818. The average molecular weight is 261 g/mol. The molecule has 2 amide bonds. The van der Waals surface area contributed by atoms with Gasteiger partial charge in [0.25, 0.3) is 0 Å². The van der Waals surface area contributed by atoms with Gasteiger partial charge in [-0.1, -0.05) is 0 Å². The summed E-state index contributed by atoms with van der Waals surface area (Å²) in [6.45, 7) is 4.86. The van der Waals surface area contributed by atoms with Crippen LogP contribution in [-0.2, 0) is 9.59 Å². The van der Waals surface area contributed by atoms with Crippen molar-refractivity contribution in [2.24, 2.45) is 5.73 Å². The van der Waals surface area contributed by atoms with Gasteiger partial charge in [0.1, 0.15) is 0 Å². The molecule has 1 atom stereocenters. The quantitative estimate of drug-likeness (QED) is 0.647. The van der Waals surface area contributed by atoms with E-state index in [1.807, 2.05) is 20.1 Å². The topological polar surface area (TPSA) is 75.4 Å². The molecule has 0 fully saturated rings. The van der Waals surface area contributed by atoms with E-state index in [2.05, 4.69) is 5.32 Å². The Hall–Kier alpha value is -0.750. The van der Waals surface area contributed by atoms with E-state index in [9.17, 15) is 9.59 Å². The molecule has 3 N–H and O–H groups in total. The Morgan fingerprint density at radius 1 is 1.41 bits per heavy atom. The van der Waals surface area contributed by atoms with E-state index >= 15 is 0 Å². The molecule has 0 radical (unpaired) electrons. The first-order valence-corrected chi connectivity index (χ1v) is 7.26. The highest BCUT2D eigenvalue weighted by Gasteiger charge is 2.21. The van der Waals surface area contributed by atoms with Crippen LogP contribution in [0.4, 0.5) is 0 Å². The number of nitrogens with zero attached hydrogens (tertiary/aromatic N) is 1. The molecule has 0 saturated heterocycles. The second-order valence-electron chi connectivity index (χ2n) is 3.69. The number of rotatable bonds is 8. The SMILES string of the molecule is CCNC(=O)CN(CC)C(=O)[C@H](N)CCSC. The highest BCUT2D eigenvalue weighted by Crippen LogP contribution is 2.02. The number of nitrogens with two attached hydrogens (primary N) is 1. The normalized spacial score (nSPS) is 12.0. The molecule has 6 heteroatoms. The number of thioether (sulfide) groups is 1. The van der Waals surface area contributed by atoms with Crippen molar-refractivity contribution in [2.75, 3.05) is 31.6 Å². The fourth-order valence-electron chi connectivity index (χ4n) is 1.37. The molecular formula is C11H23N3O2S. The molecule has 0 spiro atoms. The minimum Gasteiger partial charge on any atom is -0.355 e. The number of amides is 2. The summed E-state index contributed by atoms with van der Waals surface area (Å²) in [6.07, 6.45) is 2.62. The molecule has 0 aromatic rings. The van der Waals surface area contributed by atoms with Gasteiger partial charge in [-0.25, -0.2) is 0 Å². The van der Waals surface area contributed by atoms with Gasteiger partial charge in [0.05, 0.1) is 12.6 Å². The zero-order valence-corrected chi connectivity index (χ0v) is 11.7. The summed E-state index contributed by atoms with van der Waals surface area (Å²) in [5, 5.41) is 2.67. The third kappa shape index (κ3) is 6.53. The number of carbonyl (C=O) groups is 2. The van der Waals surface area contributed by atoms with Gasteiger partial charge in [-0.15, -0.1) is 0 Å². The molecular weight excluding hydrogens is 238 g/mol. The largest absolute Gasteiger partial charge is 0.355 e. The van der Waals surface area contributed by atoms with Gasteiger partial charge in [0.2, 0.25) is 11.8 Å². The monoisotopic (exact) mass is 261 g/mol. The number of hydrogen-bond donors (Lipinski definition) is 2. The summed E-state index contributed by atoms with van der Waals surface area (Å²) in [5.74, 6) is 0.568. The molecule has 0 rings (SSSR count). The molecule has 100 valence electrons. The van der Waals surface area contributed by atoms with E-state index in [4.69, 9.17) is 5.73 Å². The first kappa shape index (κ1) is 16.2. The lowest BCUT2D eigenvalue weighted by molar-refractivity contribution is -0.136. The maximum absolute atomic E-state index is 11.9. The average Bonchev–Trinajstić information content (AvgIpc) is 2.32. The van der Waals surface area contributed by atoms with E-state index in [0.29, 0.717) is 19.5 Å². The first-order valence-electron chi connectivity index (χ1n) is 5.86. The van der Waals surface area contributed by atoms with Crippen molar-refractivity contribution >= 4 is 23.6 Å². The summed E-state index contributed by atoms with van der Waals surface area (Å²) < 4.78 is 0.